The summed E-state index contributed by atoms with van der Waals surface area (Å²) < 4.78 is 36.8. The SMILES string of the molecule is Cc1nc(COc2ccc(C=CC(=O)c3ccc(F)cc3F)cc2)no1. The zero-order valence-corrected chi connectivity index (χ0v) is 13.8. The van der Waals surface area contributed by atoms with Crippen molar-refractivity contribution in [1.29, 1.82) is 0 Å². The number of halogens is 2. The van der Waals surface area contributed by atoms with E-state index < -0.39 is 17.4 Å². The molecule has 3 rings (SSSR count). The molecule has 0 aliphatic carbocycles. The molecule has 0 saturated heterocycles. The zero-order chi connectivity index (χ0) is 18.5. The van der Waals surface area contributed by atoms with Gasteiger partial charge in [0.2, 0.25) is 11.7 Å². The number of carbonyl (C=O) groups is 1. The van der Waals surface area contributed by atoms with E-state index in [4.69, 9.17) is 9.26 Å². The molecule has 0 aliphatic heterocycles. The number of aromatic nitrogens is 2. The summed E-state index contributed by atoms with van der Waals surface area (Å²) in [7, 11) is 0. The normalized spacial score (nSPS) is 11.0. The Kier molecular flexibility index (Phi) is 5.17. The van der Waals surface area contributed by atoms with Gasteiger partial charge >= 0.3 is 0 Å². The highest BCUT2D eigenvalue weighted by molar-refractivity contribution is 6.06. The van der Waals surface area contributed by atoms with Crippen LogP contribution >= 0.6 is 0 Å². The molecule has 1 aromatic heterocycles. The summed E-state index contributed by atoms with van der Waals surface area (Å²) in [5, 5.41) is 3.72. The maximum Gasteiger partial charge on any atom is 0.223 e. The van der Waals surface area contributed by atoms with Crippen LogP contribution in [0.4, 0.5) is 8.78 Å². The number of aryl methyl sites for hydroxylation is 1. The summed E-state index contributed by atoms with van der Waals surface area (Å²) in [4.78, 5) is 16.0. The fraction of sp³-hybridized carbons (Fsp3) is 0.105. The Morgan fingerprint density at radius 2 is 1.96 bits per heavy atom. The number of hydrogen-bond acceptors (Lipinski definition) is 5. The predicted molar refractivity (Wildman–Crippen MR) is 89.5 cm³/mol. The third kappa shape index (κ3) is 4.38. The van der Waals surface area contributed by atoms with Crippen molar-refractivity contribution < 1.29 is 22.8 Å². The molecule has 1 heterocycles. The number of rotatable bonds is 6. The van der Waals surface area contributed by atoms with Crippen molar-refractivity contribution in [2.75, 3.05) is 0 Å². The van der Waals surface area contributed by atoms with Gasteiger partial charge in [-0.05, 0) is 35.9 Å². The standard InChI is InChI=1S/C19H14F2N2O3/c1-12-22-19(23-26-12)11-25-15-6-2-13(3-7-15)4-9-18(24)16-8-5-14(20)10-17(16)21/h2-10H,11H2,1H3. The van der Waals surface area contributed by atoms with E-state index in [1.54, 1.807) is 31.2 Å². The number of carbonyl (C=O) groups excluding carboxylic acids is 1. The van der Waals surface area contributed by atoms with Gasteiger partial charge in [0.25, 0.3) is 0 Å². The van der Waals surface area contributed by atoms with Crippen molar-refractivity contribution in [2.45, 2.75) is 13.5 Å². The van der Waals surface area contributed by atoms with Gasteiger partial charge in [-0.1, -0.05) is 23.4 Å². The second kappa shape index (κ2) is 7.69. The lowest BCUT2D eigenvalue weighted by Crippen LogP contribution is -1.99. The van der Waals surface area contributed by atoms with Crippen molar-refractivity contribution in [3.8, 4) is 5.75 Å². The van der Waals surface area contributed by atoms with Crippen molar-refractivity contribution in [2.24, 2.45) is 0 Å². The maximum absolute atomic E-state index is 13.6. The summed E-state index contributed by atoms with van der Waals surface area (Å²) in [5.74, 6) is -0.657. The highest BCUT2D eigenvalue weighted by Gasteiger charge is 2.09. The topological polar surface area (TPSA) is 65.2 Å². The monoisotopic (exact) mass is 356 g/mol. The number of nitrogens with zero attached hydrogens (tertiary/aromatic N) is 2. The molecule has 0 aliphatic rings. The fourth-order valence-corrected chi connectivity index (χ4v) is 2.17. The predicted octanol–water partition coefficient (Wildman–Crippen LogP) is 4.13. The molecule has 0 fully saturated rings. The van der Waals surface area contributed by atoms with Crippen LogP contribution in [0.15, 0.2) is 53.1 Å². The highest BCUT2D eigenvalue weighted by Crippen LogP contribution is 2.16. The number of ketones is 1. The van der Waals surface area contributed by atoms with Gasteiger partial charge in [0.15, 0.2) is 12.4 Å². The number of benzene rings is 2. The van der Waals surface area contributed by atoms with Gasteiger partial charge in [-0.25, -0.2) is 8.78 Å². The van der Waals surface area contributed by atoms with E-state index >= 15 is 0 Å². The molecule has 132 valence electrons. The van der Waals surface area contributed by atoms with Crippen molar-refractivity contribution >= 4 is 11.9 Å². The average molecular weight is 356 g/mol. The lowest BCUT2D eigenvalue weighted by molar-refractivity contribution is 0.104. The Bertz CT molecular complexity index is 950. The van der Waals surface area contributed by atoms with Crippen LogP contribution in [0.3, 0.4) is 0 Å². The molecule has 0 amide bonds. The molecular formula is C19H14F2N2O3. The first-order chi connectivity index (χ1) is 12.5. The average Bonchev–Trinajstić information content (AvgIpc) is 3.04. The largest absolute Gasteiger partial charge is 0.485 e. The van der Waals surface area contributed by atoms with Gasteiger partial charge in [0.1, 0.15) is 17.4 Å². The molecule has 3 aromatic rings. The van der Waals surface area contributed by atoms with Gasteiger partial charge in [-0.15, -0.1) is 0 Å². The quantitative estimate of drug-likeness (QED) is 0.491. The Morgan fingerprint density at radius 3 is 2.62 bits per heavy atom. The van der Waals surface area contributed by atoms with Crippen molar-refractivity contribution in [1.82, 2.24) is 10.1 Å². The van der Waals surface area contributed by atoms with Crippen LogP contribution in [0.1, 0.15) is 27.6 Å². The second-order valence-electron chi connectivity index (χ2n) is 5.41. The molecule has 0 bridgehead atoms. The molecule has 0 spiro atoms. The van der Waals surface area contributed by atoms with E-state index in [-0.39, 0.29) is 12.2 Å². The van der Waals surface area contributed by atoms with Gasteiger partial charge in [0.05, 0.1) is 5.56 Å². The summed E-state index contributed by atoms with van der Waals surface area (Å²) >= 11 is 0. The maximum atomic E-state index is 13.6. The van der Waals surface area contributed by atoms with Crippen LogP contribution in [-0.4, -0.2) is 15.9 Å². The summed E-state index contributed by atoms with van der Waals surface area (Å²) in [6.07, 6.45) is 2.77. The van der Waals surface area contributed by atoms with E-state index in [9.17, 15) is 13.6 Å². The Labute approximate surface area is 147 Å². The van der Waals surface area contributed by atoms with Crippen LogP contribution in [-0.2, 0) is 6.61 Å². The van der Waals surface area contributed by atoms with Crippen molar-refractivity contribution in [3.63, 3.8) is 0 Å². The van der Waals surface area contributed by atoms with Gasteiger partial charge in [0, 0.05) is 13.0 Å². The highest BCUT2D eigenvalue weighted by atomic mass is 19.1. The third-order valence-electron chi connectivity index (χ3n) is 3.44. The molecular weight excluding hydrogens is 342 g/mol. The number of allylic oxidation sites excluding steroid dienone is 1. The van der Waals surface area contributed by atoms with Crippen LogP contribution in [0.2, 0.25) is 0 Å². The summed E-state index contributed by atoms with van der Waals surface area (Å²) in [6, 6.07) is 9.75. The minimum atomic E-state index is -0.889. The number of ether oxygens (including phenoxy) is 1. The molecule has 0 saturated carbocycles. The van der Waals surface area contributed by atoms with E-state index in [1.165, 1.54) is 12.2 Å². The Morgan fingerprint density at radius 1 is 1.19 bits per heavy atom. The minimum Gasteiger partial charge on any atom is -0.485 e. The fourth-order valence-electron chi connectivity index (χ4n) is 2.17. The molecule has 5 nitrogen and oxygen atoms in total. The molecule has 7 heteroatoms. The zero-order valence-electron chi connectivity index (χ0n) is 13.8. The van der Waals surface area contributed by atoms with E-state index in [2.05, 4.69) is 10.1 Å². The van der Waals surface area contributed by atoms with Crippen LogP contribution in [0.5, 0.6) is 5.75 Å². The molecule has 2 aromatic carbocycles. The molecule has 0 unspecified atom stereocenters. The lowest BCUT2D eigenvalue weighted by Gasteiger charge is -2.03. The first kappa shape index (κ1) is 17.5. The third-order valence-corrected chi connectivity index (χ3v) is 3.44. The van der Waals surface area contributed by atoms with E-state index in [0.717, 1.165) is 17.7 Å². The first-order valence-corrected chi connectivity index (χ1v) is 7.71. The van der Waals surface area contributed by atoms with E-state index in [0.29, 0.717) is 23.5 Å². The lowest BCUT2D eigenvalue weighted by atomic mass is 10.1. The van der Waals surface area contributed by atoms with Crippen LogP contribution < -0.4 is 4.74 Å². The Balaban J connectivity index is 1.61. The van der Waals surface area contributed by atoms with Crippen LogP contribution in [0.25, 0.3) is 6.08 Å². The molecule has 0 radical (unpaired) electrons. The smallest absolute Gasteiger partial charge is 0.223 e. The Hall–Kier alpha value is -3.35. The van der Waals surface area contributed by atoms with Crippen LogP contribution in [0, 0.1) is 18.6 Å². The summed E-state index contributed by atoms with van der Waals surface area (Å²) in [6.45, 7) is 1.87. The summed E-state index contributed by atoms with van der Waals surface area (Å²) in [5.41, 5.74) is 0.543. The van der Waals surface area contributed by atoms with Crippen molar-refractivity contribution in [3.05, 3.63) is 83.0 Å². The number of hydrogen-bond donors (Lipinski definition) is 0. The molecule has 0 N–H and O–H groups in total. The van der Waals surface area contributed by atoms with Gasteiger partial charge in [-0.3, -0.25) is 4.79 Å². The molecule has 0 atom stereocenters. The van der Waals surface area contributed by atoms with Gasteiger partial charge in [-0.2, -0.15) is 4.98 Å². The van der Waals surface area contributed by atoms with Gasteiger partial charge < -0.3 is 9.26 Å². The minimum absolute atomic E-state index is 0.175. The first-order valence-electron chi connectivity index (χ1n) is 7.71. The van der Waals surface area contributed by atoms with E-state index in [1.807, 2.05) is 0 Å². The molecule has 26 heavy (non-hydrogen) atoms. The second-order valence-corrected chi connectivity index (χ2v) is 5.41.